The first-order chi connectivity index (χ1) is 19.6. The third-order valence-corrected chi connectivity index (χ3v) is 8.61. The van der Waals surface area contributed by atoms with E-state index in [1.165, 1.54) is 24.0 Å². The lowest BCUT2D eigenvalue weighted by atomic mass is 9.88. The molecule has 2 fully saturated rings. The minimum absolute atomic E-state index is 0.0606. The number of benzene rings is 2. The number of aryl methyl sites for hydroxylation is 1. The molecule has 42 heavy (non-hydrogen) atoms. The number of carbonyl (C=O) groups is 1. The van der Waals surface area contributed by atoms with Gasteiger partial charge in [0.15, 0.2) is 0 Å². The van der Waals surface area contributed by atoms with E-state index in [0.717, 1.165) is 31.7 Å². The van der Waals surface area contributed by atoms with Crippen LogP contribution < -0.4 is 0 Å². The van der Waals surface area contributed by atoms with Gasteiger partial charge in [0.25, 0.3) is 0 Å². The van der Waals surface area contributed by atoms with E-state index in [1.807, 2.05) is 0 Å². The van der Waals surface area contributed by atoms with E-state index in [9.17, 15) is 35.5 Å². The number of urea groups is 1. The van der Waals surface area contributed by atoms with E-state index in [2.05, 4.69) is 16.8 Å². The Morgan fingerprint density at radius 2 is 1.55 bits per heavy atom. The third kappa shape index (κ3) is 7.02. The van der Waals surface area contributed by atoms with E-state index in [0.29, 0.717) is 37.1 Å². The van der Waals surface area contributed by atoms with Crippen LogP contribution in [0.5, 0.6) is 0 Å². The molecule has 2 amide bonds. The lowest BCUT2D eigenvalue weighted by molar-refractivity contribution is -0.143. The maximum absolute atomic E-state index is 14.1. The summed E-state index contributed by atoms with van der Waals surface area (Å²) in [7, 11) is 2.06. The fraction of sp³-hybridized carbons (Fsp3) is 0.567. The van der Waals surface area contributed by atoms with Crippen LogP contribution in [0.1, 0.15) is 66.6 Å². The summed E-state index contributed by atoms with van der Waals surface area (Å²) in [5, 5.41) is 0. The van der Waals surface area contributed by atoms with Gasteiger partial charge in [0, 0.05) is 45.3 Å². The number of carbonyl (C=O) groups excluding carboxylic acids is 1. The minimum atomic E-state index is -4.99. The summed E-state index contributed by atoms with van der Waals surface area (Å²) in [5.41, 5.74) is -1.66. The van der Waals surface area contributed by atoms with Gasteiger partial charge < -0.3 is 14.7 Å². The van der Waals surface area contributed by atoms with Crippen LogP contribution in [0.25, 0.3) is 0 Å². The van der Waals surface area contributed by atoms with Gasteiger partial charge in [0.05, 0.1) is 23.2 Å². The molecule has 12 heteroatoms. The molecule has 0 unspecified atom stereocenters. The maximum atomic E-state index is 14.1. The lowest BCUT2D eigenvalue weighted by Crippen LogP contribution is -2.55. The summed E-state index contributed by atoms with van der Waals surface area (Å²) in [6.07, 6.45) is -8.74. The lowest BCUT2D eigenvalue weighted by Gasteiger charge is -2.47. The van der Waals surface area contributed by atoms with E-state index in [1.54, 1.807) is 24.8 Å². The molecule has 0 saturated carbocycles. The topological polar surface area (TPSA) is 30.0 Å². The number of nitrogens with zero attached hydrogens (tertiary/aromatic N) is 4. The molecule has 3 atom stereocenters. The van der Waals surface area contributed by atoms with Crippen LogP contribution in [0.4, 0.5) is 35.5 Å². The summed E-state index contributed by atoms with van der Waals surface area (Å²) in [6.45, 7) is 8.83. The zero-order valence-electron chi connectivity index (χ0n) is 24.2. The number of hydrogen-bond acceptors (Lipinski definition) is 3. The van der Waals surface area contributed by atoms with Gasteiger partial charge in [-0.25, -0.2) is 9.18 Å². The van der Waals surface area contributed by atoms with Gasteiger partial charge in [-0.2, -0.15) is 26.3 Å². The van der Waals surface area contributed by atoms with Crippen molar-refractivity contribution in [2.45, 2.75) is 64.1 Å². The van der Waals surface area contributed by atoms with Gasteiger partial charge in [0.1, 0.15) is 5.82 Å². The van der Waals surface area contributed by atoms with E-state index >= 15 is 0 Å². The standard InChI is InChI=1S/C30H37F7N4O/c1-5-40(20(3)21-15-22(29(32,33)34)17-23(16-21)30(35,36)37)28(42)41-9-8-25(39-12-10-38(4)11-13-39)18-27(41)26-7-6-24(31)14-19(26)2/h6-7,14-17,20,25,27H,5,8-13,18H2,1-4H3/t20-,25-,27-/m1/s1. The normalized spacial score (nSPS) is 21.8. The summed E-state index contributed by atoms with van der Waals surface area (Å²) in [5.74, 6) is -0.408. The van der Waals surface area contributed by atoms with Crippen molar-refractivity contribution < 1.29 is 35.5 Å². The molecule has 0 N–H and O–H groups in total. The van der Waals surface area contributed by atoms with Crippen LogP contribution in [-0.2, 0) is 12.4 Å². The molecular formula is C30H37F7N4O. The number of halogens is 7. The van der Waals surface area contributed by atoms with Gasteiger partial charge in [-0.05, 0) is 87.7 Å². The number of likely N-dealkylation sites (N-methyl/N-ethyl adjacent to an activating group) is 1. The highest BCUT2D eigenvalue weighted by molar-refractivity contribution is 5.76. The Kier molecular flexibility index (Phi) is 9.46. The maximum Gasteiger partial charge on any atom is 0.416 e. The van der Waals surface area contributed by atoms with Crippen molar-refractivity contribution >= 4 is 6.03 Å². The number of rotatable bonds is 5. The molecular weight excluding hydrogens is 565 g/mol. The minimum Gasteiger partial charge on any atom is -0.318 e. The zero-order chi connectivity index (χ0) is 31.0. The van der Waals surface area contributed by atoms with Crippen LogP contribution in [0.3, 0.4) is 0 Å². The highest BCUT2D eigenvalue weighted by atomic mass is 19.4. The number of piperidine rings is 1. The van der Waals surface area contributed by atoms with Crippen LogP contribution in [-0.4, -0.2) is 78.0 Å². The van der Waals surface area contributed by atoms with Crippen molar-refractivity contribution in [3.8, 4) is 0 Å². The number of hydrogen-bond donors (Lipinski definition) is 0. The molecule has 0 radical (unpaired) electrons. The van der Waals surface area contributed by atoms with Crippen molar-refractivity contribution in [1.29, 1.82) is 0 Å². The van der Waals surface area contributed by atoms with Crippen molar-refractivity contribution in [3.05, 3.63) is 70.0 Å². The Labute approximate surface area is 241 Å². The molecule has 2 aromatic rings. The average Bonchev–Trinajstić information content (AvgIpc) is 2.92. The quantitative estimate of drug-likeness (QED) is 0.341. The van der Waals surface area contributed by atoms with E-state index < -0.39 is 47.4 Å². The number of alkyl halides is 6. The Bertz CT molecular complexity index is 1220. The number of likely N-dealkylation sites (tertiary alicyclic amines) is 1. The first-order valence-corrected chi connectivity index (χ1v) is 14.2. The van der Waals surface area contributed by atoms with Gasteiger partial charge >= 0.3 is 18.4 Å². The Morgan fingerprint density at radius 1 is 0.952 bits per heavy atom. The first kappa shape index (κ1) is 32.1. The molecule has 2 aliphatic rings. The summed E-state index contributed by atoms with van der Waals surface area (Å²) in [4.78, 5) is 21.7. The summed E-state index contributed by atoms with van der Waals surface area (Å²) < 4.78 is 95.4. The SMILES string of the molecule is CCN(C(=O)N1CC[C@@H](N2CCN(C)CC2)C[C@@H]1c1ccc(F)cc1C)[C@H](C)c1cc(C(F)(F)F)cc(C(F)(F)F)c1. The van der Waals surface area contributed by atoms with Gasteiger partial charge in [0.2, 0.25) is 0 Å². The van der Waals surface area contributed by atoms with Crippen molar-refractivity contribution in [1.82, 2.24) is 19.6 Å². The van der Waals surface area contributed by atoms with Gasteiger partial charge in [-0.15, -0.1) is 0 Å². The van der Waals surface area contributed by atoms with Crippen molar-refractivity contribution in [2.24, 2.45) is 0 Å². The fourth-order valence-electron chi connectivity index (χ4n) is 6.14. The molecule has 0 aliphatic carbocycles. The molecule has 2 aliphatic heterocycles. The molecule has 4 rings (SSSR count). The van der Waals surface area contributed by atoms with Gasteiger partial charge in [-0.3, -0.25) is 4.90 Å². The van der Waals surface area contributed by atoms with Crippen LogP contribution in [0.15, 0.2) is 36.4 Å². The second-order valence-corrected chi connectivity index (χ2v) is 11.3. The molecule has 2 saturated heterocycles. The van der Waals surface area contributed by atoms with Crippen molar-refractivity contribution in [2.75, 3.05) is 46.3 Å². The smallest absolute Gasteiger partial charge is 0.318 e. The third-order valence-electron chi connectivity index (χ3n) is 8.61. The Balaban J connectivity index is 1.67. The fourth-order valence-corrected chi connectivity index (χ4v) is 6.14. The predicted octanol–water partition coefficient (Wildman–Crippen LogP) is 7.13. The van der Waals surface area contributed by atoms with Gasteiger partial charge in [-0.1, -0.05) is 6.07 Å². The zero-order valence-corrected chi connectivity index (χ0v) is 24.2. The molecule has 0 bridgehead atoms. The molecule has 5 nitrogen and oxygen atoms in total. The van der Waals surface area contributed by atoms with Crippen LogP contribution in [0.2, 0.25) is 0 Å². The van der Waals surface area contributed by atoms with Crippen molar-refractivity contribution in [3.63, 3.8) is 0 Å². The highest BCUT2D eigenvalue weighted by Crippen LogP contribution is 2.40. The number of amides is 2. The molecule has 0 aromatic heterocycles. The predicted molar refractivity (Wildman–Crippen MR) is 145 cm³/mol. The second kappa shape index (κ2) is 12.4. The average molecular weight is 603 g/mol. The second-order valence-electron chi connectivity index (χ2n) is 11.3. The molecule has 0 spiro atoms. The largest absolute Gasteiger partial charge is 0.416 e. The number of piperazine rings is 1. The Morgan fingerprint density at radius 3 is 2.07 bits per heavy atom. The molecule has 2 heterocycles. The monoisotopic (exact) mass is 602 g/mol. The summed E-state index contributed by atoms with van der Waals surface area (Å²) >= 11 is 0. The highest BCUT2D eigenvalue weighted by Gasteiger charge is 2.41. The van der Waals surface area contributed by atoms with Crippen LogP contribution >= 0.6 is 0 Å². The summed E-state index contributed by atoms with van der Waals surface area (Å²) in [6, 6.07) is 4.01. The Hall–Kier alpha value is -2.86. The molecule has 232 valence electrons. The van der Waals surface area contributed by atoms with E-state index in [4.69, 9.17) is 0 Å². The first-order valence-electron chi connectivity index (χ1n) is 14.2. The van der Waals surface area contributed by atoms with Crippen LogP contribution in [0, 0.1) is 12.7 Å². The molecule has 2 aromatic carbocycles. The van der Waals surface area contributed by atoms with E-state index in [-0.39, 0.29) is 24.2 Å².